The van der Waals surface area contributed by atoms with Crippen molar-refractivity contribution < 1.29 is 23.5 Å². The predicted octanol–water partition coefficient (Wildman–Crippen LogP) is 2.56. The summed E-state index contributed by atoms with van der Waals surface area (Å²) in [6, 6.07) is -0.529. The summed E-state index contributed by atoms with van der Waals surface area (Å²) < 4.78 is 24.2. The second kappa shape index (κ2) is 10.4. The smallest absolute Gasteiger partial charge is 0.317 e. The van der Waals surface area contributed by atoms with Crippen LogP contribution in [0.15, 0.2) is 0 Å². The summed E-state index contributed by atoms with van der Waals surface area (Å²) in [4.78, 5) is 22.9. The van der Waals surface area contributed by atoms with Gasteiger partial charge in [-0.2, -0.15) is 0 Å². The Labute approximate surface area is 118 Å². The zero-order valence-corrected chi connectivity index (χ0v) is 12.1. The molecule has 2 amide bonds. The molecule has 1 unspecified atom stereocenters. The third-order valence-electron chi connectivity index (χ3n) is 3.05. The van der Waals surface area contributed by atoms with Crippen molar-refractivity contribution in [3.63, 3.8) is 0 Å². The highest BCUT2D eigenvalue weighted by atomic mass is 19.3. The van der Waals surface area contributed by atoms with Crippen LogP contribution in [0.3, 0.4) is 0 Å². The third kappa shape index (κ3) is 9.52. The number of halogens is 2. The maximum atomic E-state index is 12.1. The SMILES string of the molecule is CCCC(CCNC(=O)N(C)CC(F)F)CCC(=O)O. The summed E-state index contributed by atoms with van der Waals surface area (Å²) in [5.41, 5.74) is 0. The van der Waals surface area contributed by atoms with E-state index in [2.05, 4.69) is 5.32 Å². The lowest BCUT2D eigenvalue weighted by atomic mass is 9.94. The first-order valence-electron chi connectivity index (χ1n) is 6.85. The highest BCUT2D eigenvalue weighted by Crippen LogP contribution is 2.17. The van der Waals surface area contributed by atoms with Crippen LogP contribution in [0.25, 0.3) is 0 Å². The maximum absolute atomic E-state index is 12.1. The number of carbonyl (C=O) groups is 2. The molecule has 0 aliphatic heterocycles. The zero-order chi connectivity index (χ0) is 15.5. The molecule has 0 saturated heterocycles. The molecule has 0 aliphatic rings. The Hall–Kier alpha value is -1.40. The Morgan fingerprint density at radius 2 is 1.90 bits per heavy atom. The molecule has 0 aromatic rings. The molecule has 118 valence electrons. The standard InChI is InChI=1S/C13H24F2N2O3/c1-3-4-10(5-6-12(18)19)7-8-16-13(20)17(2)9-11(14)15/h10-11H,3-9H2,1-2H3,(H,16,20)(H,18,19). The second-order valence-electron chi connectivity index (χ2n) is 4.88. The van der Waals surface area contributed by atoms with Gasteiger partial charge in [-0.25, -0.2) is 13.6 Å². The number of nitrogens with one attached hydrogen (secondary N) is 1. The molecule has 0 aromatic carbocycles. The number of carboxylic acid groups (broad SMARTS) is 1. The molecule has 0 saturated carbocycles. The van der Waals surface area contributed by atoms with Gasteiger partial charge in [0.25, 0.3) is 6.43 Å². The van der Waals surface area contributed by atoms with Gasteiger partial charge in [-0.15, -0.1) is 0 Å². The van der Waals surface area contributed by atoms with Crippen LogP contribution in [0.4, 0.5) is 13.6 Å². The number of nitrogens with zero attached hydrogens (tertiary/aromatic N) is 1. The van der Waals surface area contributed by atoms with Crippen LogP contribution in [-0.2, 0) is 4.79 Å². The number of urea groups is 1. The quantitative estimate of drug-likeness (QED) is 0.650. The predicted molar refractivity (Wildman–Crippen MR) is 71.9 cm³/mol. The van der Waals surface area contributed by atoms with E-state index in [4.69, 9.17) is 5.11 Å². The van der Waals surface area contributed by atoms with Crippen LogP contribution in [0, 0.1) is 5.92 Å². The summed E-state index contributed by atoms with van der Waals surface area (Å²) in [6.45, 7) is 1.79. The highest BCUT2D eigenvalue weighted by molar-refractivity contribution is 5.73. The monoisotopic (exact) mass is 294 g/mol. The van der Waals surface area contributed by atoms with E-state index in [-0.39, 0.29) is 12.3 Å². The minimum Gasteiger partial charge on any atom is -0.481 e. The molecule has 0 radical (unpaired) electrons. The average Bonchev–Trinajstić information content (AvgIpc) is 2.34. The molecule has 0 fully saturated rings. The maximum Gasteiger partial charge on any atom is 0.317 e. The lowest BCUT2D eigenvalue weighted by Gasteiger charge is -2.19. The minimum atomic E-state index is -2.55. The van der Waals surface area contributed by atoms with Crippen LogP contribution in [0.5, 0.6) is 0 Å². The Morgan fingerprint density at radius 1 is 1.25 bits per heavy atom. The highest BCUT2D eigenvalue weighted by Gasteiger charge is 2.14. The van der Waals surface area contributed by atoms with Crippen LogP contribution >= 0.6 is 0 Å². The first kappa shape index (κ1) is 18.6. The third-order valence-corrected chi connectivity index (χ3v) is 3.05. The summed E-state index contributed by atoms with van der Waals surface area (Å²) in [6.07, 6.45) is 0.652. The summed E-state index contributed by atoms with van der Waals surface area (Å²) in [5.74, 6) is -0.594. The fourth-order valence-electron chi connectivity index (χ4n) is 1.98. The van der Waals surface area contributed by atoms with Crippen LogP contribution in [0.1, 0.15) is 39.0 Å². The van der Waals surface area contributed by atoms with Crippen molar-refractivity contribution in [2.45, 2.75) is 45.5 Å². The van der Waals surface area contributed by atoms with Crippen molar-refractivity contribution in [3.05, 3.63) is 0 Å². The van der Waals surface area contributed by atoms with E-state index in [1.165, 1.54) is 7.05 Å². The van der Waals surface area contributed by atoms with Crippen molar-refractivity contribution in [1.82, 2.24) is 10.2 Å². The number of alkyl halides is 2. The molecule has 0 aromatic heterocycles. The van der Waals surface area contributed by atoms with E-state index in [0.717, 1.165) is 17.7 Å². The van der Waals surface area contributed by atoms with Gasteiger partial charge in [-0.3, -0.25) is 4.79 Å². The zero-order valence-electron chi connectivity index (χ0n) is 12.1. The number of amides is 2. The first-order chi connectivity index (χ1) is 9.36. The summed E-state index contributed by atoms with van der Waals surface area (Å²) >= 11 is 0. The van der Waals surface area contributed by atoms with Gasteiger partial charge >= 0.3 is 12.0 Å². The summed E-state index contributed by atoms with van der Waals surface area (Å²) in [5, 5.41) is 11.2. The molecule has 0 rings (SSSR count). The fourth-order valence-corrected chi connectivity index (χ4v) is 1.98. The van der Waals surface area contributed by atoms with Gasteiger partial charge in [0.05, 0.1) is 6.54 Å². The van der Waals surface area contributed by atoms with E-state index < -0.39 is 25.0 Å². The van der Waals surface area contributed by atoms with E-state index in [0.29, 0.717) is 19.4 Å². The molecule has 0 bridgehead atoms. The molecule has 0 spiro atoms. The molecule has 1 atom stereocenters. The largest absolute Gasteiger partial charge is 0.481 e. The molecule has 2 N–H and O–H groups in total. The molecular formula is C13H24F2N2O3. The van der Waals surface area contributed by atoms with Gasteiger partial charge in [0.1, 0.15) is 0 Å². The van der Waals surface area contributed by atoms with E-state index in [9.17, 15) is 18.4 Å². The number of hydrogen-bond acceptors (Lipinski definition) is 2. The van der Waals surface area contributed by atoms with Crippen LogP contribution in [-0.4, -0.2) is 48.6 Å². The molecular weight excluding hydrogens is 270 g/mol. The van der Waals surface area contributed by atoms with Gasteiger partial charge in [-0.1, -0.05) is 19.8 Å². The summed E-state index contributed by atoms with van der Waals surface area (Å²) in [7, 11) is 1.31. The Balaban J connectivity index is 3.97. The average molecular weight is 294 g/mol. The number of aliphatic carboxylic acids is 1. The lowest BCUT2D eigenvalue weighted by molar-refractivity contribution is -0.137. The minimum absolute atomic E-state index is 0.115. The number of rotatable bonds is 10. The Morgan fingerprint density at radius 3 is 2.40 bits per heavy atom. The van der Waals surface area contributed by atoms with Crippen LogP contribution < -0.4 is 5.32 Å². The molecule has 0 heterocycles. The van der Waals surface area contributed by atoms with Gasteiger partial charge in [0.2, 0.25) is 0 Å². The molecule has 20 heavy (non-hydrogen) atoms. The second-order valence-corrected chi connectivity index (χ2v) is 4.88. The fraction of sp³-hybridized carbons (Fsp3) is 0.846. The number of carboxylic acids is 1. The van der Waals surface area contributed by atoms with E-state index >= 15 is 0 Å². The Kier molecular flexibility index (Phi) is 9.67. The number of hydrogen-bond donors (Lipinski definition) is 2. The van der Waals surface area contributed by atoms with Gasteiger partial charge in [-0.05, 0) is 18.8 Å². The molecule has 7 heteroatoms. The molecule has 0 aliphatic carbocycles. The van der Waals surface area contributed by atoms with Crippen molar-refractivity contribution in [2.75, 3.05) is 20.1 Å². The van der Waals surface area contributed by atoms with Crippen molar-refractivity contribution in [2.24, 2.45) is 5.92 Å². The van der Waals surface area contributed by atoms with Crippen molar-refractivity contribution in [3.8, 4) is 0 Å². The van der Waals surface area contributed by atoms with Crippen molar-refractivity contribution >= 4 is 12.0 Å². The molecule has 5 nitrogen and oxygen atoms in total. The van der Waals surface area contributed by atoms with E-state index in [1.807, 2.05) is 6.92 Å². The van der Waals surface area contributed by atoms with E-state index in [1.54, 1.807) is 0 Å². The number of carbonyl (C=O) groups excluding carboxylic acids is 1. The lowest BCUT2D eigenvalue weighted by Crippen LogP contribution is -2.40. The first-order valence-corrected chi connectivity index (χ1v) is 6.85. The Bertz CT molecular complexity index is 301. The van der Waals surface area contributed by atoms with Crippen LogP contribution in [0.2, 0.25) is 0 Å². The van der Waals surface area contributed by atoms with Crippen molar-refractivity contribution in [1.29, 1.82) is 0 Å². The van der Waals surface area contributed by atoms with Gasteiger partial charge in [0.15, 0.2) is 0 Å². The topological polar surface area (TPSA) is 69.6 Å². The van der Waals surface area contributed by atoms with Gasteiger partial charge < -0.3 is 15.3 Å². The van der Waals surface area contributed by atoms with Gasteiger partial charge in [0, 0.05) is 20.0 Å². The normalized spacial score (nSPS) is 12.2.